The first-order valence-corrected chi connectivity index (χ1v) is 9.11. The minimum Gasteiger partial charge on any atom is -0.339 e. The molecule has 3 amide bonds. The molecule has 1 aromatic carbocycles. The van der Waals surface area contributed by atoms with Gasteiger partial charge in [0.25, 0.3) is 17.7 Å². The number of piperidine rings is 1. The van der Waals surface area contributed by atoms with Gasteiger partial charge in [0.05, 0.1) is 11.1 Å². The second-order valence-corrected chi connectivity index (χ2v) is 6.90. The van der Waals surface area contributed by atoms with E-state index in [9.17, 15) is 14.4 Å². The number of carbonyl (C=O) groups is 3. The Morgan fingerprint density at radius 1 is 1.23 bits per heavy atom. The molecule has 0 aromatic heterocycles. The van der Waals surface area contributed by atoms with Gasteiger partial charge in [-0.1, -0.05) is 6.08 Å². The van der Waals surface area contributed by atoms with E-state index in [1.54, 1.807) is 18.2 Å². The van der Waals surface area contributed by atoms with Crippen molar-refractivity contribution < 1.29 is 14.4 Å². The van der Waals surface area contributed by atoms with E-state index in [0.29, 0.717) is 22.6 Å². The smallest absolute Gasteiger partial charge is 0.261 e. The summed E-state index contributed by atoms with van der Waals surface area (Å²) in [6, 6.07) is 4.80. The van der Waals surface area contributed by atoms with E-state index < -0.39 is 0 Å². The Balaban J connectivity index is 1.70. The lowest BCUT2D eigenvalue weighted by atomic mass is 9.93. The summed E-state index contributed by atoms with van der Waals surface area (Å²) in [7, 11) is 1.95. The Morgan fingerprint density at radius 2 is 1.92 bits per heavy atom. The number of hydrogen-bond acceptors (Lipinski definition) is 4. The molecule has 0 atom stereocenters. The maximum Gasteiger partial charge on any atom is 0.261 e. The average molecular weight is 355 g/mol. The zero-order valence-electron chi connectivity index (χ0n) is 15.2. The van der Waals surface area contributed by atoms with Crippen molar-refractivity contribution >= 4 is 17.7 Å². The van der Waals surface area contributed by atoms with Crippen molar-refractivity contribution in [1.82, 2.24) is 15.1 Å². The summed E-state index contributed by atoms with van der Waals surface area (Å²) in [6.45, 7) is 6.23. The lowest BCUT2D eigenvalue weighted by molar-refractivity contribution is 0.0669. The highest BCUT2D eigenvalue weighted by Gasteiger charge is 2.35. The number of rotatable bonds is 6. The molecular formula is C20H25N3O3. The van der Waals surface area contributed by atoms with Crippen LogP contribution in [-0.4, -0.2) is 60.7 Å². The highest BCUT2D eigenvalue weighted by molar-refractivity contribution is 6.22. The summed E-state index contributed by atoms with van der Waals surface area (Å²) in [5.41, 5.74) is 1.14. The van der Waals surface area contributed by atoms with Crippen LogP contribution >= 0.6 is 0 Å². The monoisotopic (exact) mass is 355 g/mol. The van der Waals surface area contributed by atoms with E-state index >= 15 is 0 Å². The van der Waals surface area contributed by atoms with Gasteiger partial charge in [-0.15, -0.1) is 6.58 Å². The molecular weight excluding hydrogens is 330 g/mol. The Labute approximate surface area is 153 Å². The molecule has 3 rings (SSSR count). The predicted octanol–water partition coefficient (Wildman–Crippen LogP) is 1.93. The molecule has 0 radical (unpaired) electrons. The Kier molecular flexibility index (Phi) is 5.52. The molecule has 138 valence electrons. The van der Waals surface area contributed by atoms with Gasteiger partial charge in [-0.25, -0.2) is 0 Å². The number of nitrogens with zero attached hydrogens (tertiary/aromatic N) is 2. The lowest BCUT2D eigenvalue weighted by Gasteiger charge is -2.32. The second-order valence-electron chi connectivity index (χ2n) is 6.90. The zero-order chi connectivity index (χ0) is 18.7. The van der Waals surface area contributed by atoms with Gasteiger partial charge in [-0.3, -0.25) is 19.3 Å². The van der Waals surface area contributed by atoms with Gasteiger partial charge in [-0.2, -0.15) is 0 Å². The molecule has 1 fully saturated rings. The summed E-state index contributed by atoms with van der Waals surface area (Å²) in [4.78, 5) is 40.5. The first-order chi connectivity index (χ1) is 12.6. The number of imide groups is 1. The molecule has 0 unspecified atom stereocenters. The number of carbonyl (C=O) groups excluding carboxylic acids is 3. The number of likely N-dealkylation sites (tertiary alicyclic amines) is 1. The normalized spacial score (nSPS) is 17.6. The molecule has 1 N–H and O–H groups in total. The largest absolute Gasteiger partial charge is 0.339 e. The van der Waals surface area contributed by atoms with Crippen molar-refractivity contribution in [3.8, 4) is 0 Å². The summed E-state index contributed by atoms with van der Waals surface area (Å²) in [5, 5.41) is 3.17. The van der Waals surface area contributed by atoms with Crippen molar-refractivity contribution in [2.75, 3.05) is 33.2 Å². The summed E-state index contributed by atoms with van der Waals surface area (Å²) >= 11 is 0. The van der Waals surface area contributed by atoms with Crippen molar-refractivity contribution in [2.45, 2.75) is 19.3 Å². The van der Waals surface area contributed by atoms with E-state index in [1.807, 2.05) is 11.9 Å². The van der Waals surface area contributed by atoms with Crippen molar-refractivity contribution in [3.63, 3.8) is 0 Å². The molecule has 0 saturated carbocycles. The molecule has 2 aliphatic heterocycles. The van der Waals surface area contributed by atoms with Gasteiger partial charge in [-0.05, 0) is 57.0 Å². The quantitative estimate of drug-likeness (QED) is 0.625. The summed E-state index contributed by atoms with van der Waals surface area (Å²) < 4.78 is 0. The highest BCUT2D eigenvalue weighted by Crippen LogP contribution is 2.26. The molecule has 6 heteroatoms. The minimum absolute atomic E-state index is 0.0673. The van der Waals surface area contributed by atoms with E-state index in [4.69, 9.17) is 0 Å². The van der Waals surface area contributed by atoms with Crippen molar-refractivity contribution in [1.29, 1.82) is 0 Å². The lowest BCUT2D eigenvalue weighted by Crippen LogP contribution is -2.39. The SMILES string of the molecule is C=CCN1C(=O)c2ccc(C(=O)N3CCC(CCNC)CC3)cc2C1=O. The first-order valence-electron chi connectivity index (χ1n) is 9.11. The third-order valence-corrected chi connectivity index (χ3v) is 5.23. The van der Waals surface area contributed by atoms with Crippen LogP contribution < -0.4 is 5.32 Å². The average Bonchev–Trinajstić information content (AvgIpc) is 2.91. The van der Waals surface area contributed by atoms with Crippen LogP contribution in [0.1, 0.15) is 50.3 Å². The molecule has 0 aliphatic carbocycles. The highest BCUT2D eigenvalue weighted by atomic mass is 16.2. The molecule has 2 aliphatic rings. The molecule has 0 spiro atoms. The van der Waals surface area contributed by atoms with Crippen LogP contribution in [0.15, 0.2) is 30.9 Å². The molecule has 1 saturated heterocycles. The van der Waals surface area contributed by atoms with Crippen LogP contribution in [0.5, 0.6) is 0 Å². The number of benzene rings is 1. The van der Waals surface area contributed by atoms with Crippen molar-refractivity contribution in [2.24, 2.45) is 5.92 Å². The summed E-state index contributed by atoms with van der Waals surface area (Å²) in [5.74, 6) is -0.0972. The van der Waals surface area contributed by atoms with Crippen LogP contribution in [0.4, 0.5) is 0 Å². The van der Waals surface area contributed by atoms with E-state index in [-0.39, 0.29) is 24.3 Å². The van der Waals surface area contributed by atoms with Gasteiger partial charge in [0.2, 0.25) is 0 Å². The predicted molar refractivity (Wildman–Crippen MR) is 99.2 cm³/mol. The fourth-order valence-electron chi connectivity index (χ4n) is 3.67. The van der Waals surface area contributed by atoms with Gasteiger partial charge < -0.3 is 10.2 Å². The fourth-order valence-corrected chi connectivity index (χ4v) is 3.67. The third kappa shape index (κ3) is 3.42. The first kappa shape index (κ1) is 18.3. The molecule has 1 aromatic rings. The molecule has 26 heavy (non-hydrogen) atoms. The summed E-state index contributed by atoms with van der Waals surface area (Å²) in [6.07, 6.45) is 4.66. The fraction of sp³-hybridized carbons (Fsp3) is 0.450. The Morgan fingerprint density at radius 3 is 2.58 bits per heavy atom. The number of amides is 3. The van der Waals surface area contributed by atoms with E-state index in [2.05, 4.69) is 11.9 Å². The molecule has 6 nitrogen and oxygen atoms in total. The van der Waals surface area contributed by atoms with Gasteiger partial charge in [0.15, 0.2) is 0 Å². The zero-order valence-corrected chi connectivity index (χ0v) is 15.2. The van der Waals surface area contributed by atoms with Crippen molar-refractivity contribution in [3.05, 3.63) is 47.5 Å². The van der Waals surface area contributed by atoms with Gasteiger partial charge in [0, 0.05) is 25.2 Å². The Bertz CT molecular complexity index is 736. The second kappa shape index (κ2) is 7.83. The van der Waals surface area contributed by atoms with Gasteiger partial charge in [0.1, 0.15) is 0 Å². The topological polar surface area (TPSA) is 69.7 Å². The number of fused-ring (bicyclic) bond motifs is 1. The molecule has 0 bridgehead atoms. The third-order valence-electron chi connectivity index (χ3n) is 5.23. The number of nitrogens with one attached hydrogen (secondary N) is 1. The van der Waals surface area contributed by atoms with E-state index in [1.165, 1.54) is 6.08 Å². The van der Waals surface area contributed by atoms with Crippen LogP contribution in [0.3, 0.4) is 0 Å². The van der Waals surface area contributed by atoms with Crippen LogP contribution in [0.25, 0.3) is 0 Å². The minimum atomic E-state index is -0.356. The van der Waals surface area contributed by atoms with Gasteiger partial charge >= 0.3 is 0 Å². The Hall–Kier alpha value is -2.47. The maximum absolute atomic E-state index is 12.8. The number of hydrogen-bond donors (Lipinski definition) is 1. The van der Waals surface area contributed by atoms with Crippen LogP contribution in [-0.2, 0) is 0 Å². The van der Waals surface area contributed by atoms with Crippen LogP contribution in [0, 0.1) is 5.92 Å². The maximum atomic E-state index is 12.8. The van der Waals surface area contributed by atoms with E-state index in [0.717, 1.165) is 43.8 Å². The standard InChI is InChI=1S/C20H25N3O3/c1-3-10-23-19(25)16-5-4-15(13-17(16)20(23)26)18(24)22-11-7-14(8-12-22)6-9-21-2/h3-5,13-14,21H,1,6-12H2,2H3. The molecule has 2 heterocycles. The van der Waals surface area contributed by atoms with Crippen LogP contribution in [0.2, 0.25) is 0 Å².